The monoisotopic (exact) mass is 488 g/mol. The SMILES string of the molecule is CCN1c2ccc(Cl)c(Cl)c2C(OS(=O)(=O)c2ccc(N)c(Cl)c2)C1(Cl)Cl. The molecule has 0 radical (unpaired) electrons. The summed E-state index contributed by atoms with van der Waals surface area (Å²) in [6.07, 6.45) is -1.32. The normalized spacial score (nSPS) is 18.6. The number of hydrogen-bond acceptors (Lipinski definition) is 5. The van der Waals surface area contributed by atoms with Gasteiger partial charge < -0.3 is 10.6 Å². The van der Waals surface area contributed by atoms with Crippen LogP contribution in [-0.2, 0) is 14.3 Å². The second-order valence-corrected chi connectivity index (χ2v) is 9.85. The summed E-state index contributed by atoms with van der Waals surface area (Å²) in [6, 6.07) is 7.05. The van der Waals surface area contributed by atoms with Gasteiger partial charge in [0.25, 0.3) is 10.1 Å². The number of halogens is 5. The first-order chi connectivity index (χ1) is 12.5. The first kappa shape index (κ1) is 21.1. The predicted octanol–water partition coefficient (Wildman–Crippen LogP) is 5.65. The third-order valence-electron chi connectivity index (χ3n) is 4.14. The van der Waals surface area contributed by atoms with Gasteiger partial charge in [0.1, 0.15) is 0 Å². The predicted molar refractivity (Wildman–Crippen MR) is 111 cm³/mol. The molecule has 27 heavy (non-hydrogen) atoms. The van der Waals surface area contributed by atoms with E-state index in [9.17, 15) is 8.42 Å². The fraction of sp³-hybridized carbons (Fsp3) is 0.250. The van der Waals surface area contributed by atoms with Gasteiger partial charge in [0.15, 0.2) is 6.10 Å². The molecule has 2 aromatic rings. The molecule has 2 N–H and O–H groups in total. The van der Waals surface area contributed by atoms with Gasteiger partial charge in [-0.15, -0.1) is 0 Å². The standard InChI is InChI=1S/C16H13Cl5N2O3S/c1-2-23-12-6-4-9(17)14(19)13(12)15(16(23,20)21)26-27(24,25)8-3-5-11(22)10(18)7-8/h3-7,15H,2,22H2,1H3. The molecule has 0 saturated carbocycles. The number of hydrogen-bond donors (Lipinski definition) is 1. The Morgan fingerprint density at radius 2 is 1.81 bits per heavy atom. The molecule has 0 spiro atoms. The summed E-state index contributed by atoms with van der Waals surface area (Å²) >= 11 is 31.3. The Bertz CT molecular complexity index is 1010. The van der Waals surface area contributed by atoms with E-state index in [4.69, 9.17) is 67.9 Å². The fourth-order valence-corrected chi connectivity index (χ4v) is 5.45. The Kier molecular flexibility index (Phi) is 5.74. The first-order valence-electron chi connectivity index (χ1n) is 7.62. The summed E-state index contributed by atoms with van der Waals surface area (Å²) < 4.78 is 29.3. The molecule has 11 heteroatoms. The number of likely N-dealkylation sites (N-methyl/N-ethyl adjacent to an activating group) is 1. The molecular formula is C16H13Cl5N2O3S. The van der Waals surface area contributed by atoms with Crippen LogP contribution in [-0.4, -0.2) is 19.4 Å². The summed E-state index contributed by atoms with van der Waals surface area (Å²) in [6.45, 7) is 2.19. The van der Waals surface area contributed by atoms with E-state index in [1.165, 1.54) is 18.2 Å². The minimum Gasteiger partial charge on any atom is -0.398 e. The highest BCUT2D eigenvalue weighted by Crippen LogP contribution is 2.56. The lowest BCUT2D eigenvalue weighted by molar-refractivity contribution is 0.203. The zero-order valence-electron chi connectivity index (χ0n) is 13.7. The molecule has 0 amide bonds. The van der Waals surface area contributed by atoms with Crippen molar-refractivity contribution in [3.05, 3.63) is 51.0 Å². The van der Waals surface area contributed by atoms with Crippen molar-refractivity contribution in [1.29, 1.82) is 0 Å². The summed E-state index contributed by atoms with van der Waals surface area (Å²) in [5, 5.41) is 0.413. The molecule has 5 nitrogen and oxygen atoms in total. The van der Waals surface area contributed by atoms with Gasteiger partial charge in [0, 0.05) is 17.8 Å². The molecule has 1 unspecified atom stereocenters. The Balaban J connectivity index is 2.11. The van der Waals surface area contributed by atoms with E-state index < -0.39 is 20.7 Å². The van der Waals surface area contributed by atoms with Crippen LogP contribution in [0, 0.1) is 0 Å². The summed E-state index contributed by atoms with van der Waals surface area (Å²) in [5.74, 6) is 0. The van der Waals surface area contributed by atoms with E-state index in [1.54, 1.807) is 17.0 Å². The Morgan fingerprint density at radius 3 is 2.41 bits per heavy atom. The lowest BCUT2D eigenvalue weighted by Crippen LogP contribution is -2.40. The quantitative estimate of drug-likeness (QED) is 0.260. The van der Waals surface area contributed by atoms with Crippen LogP contribution < -0.4 is 10.6 Å². The van der Waals surface area contributed by atoms with E-state index >= 15 is 0 Å². The summed E-state index contributed by atoms with van der Waals surface area (Å²) in [7, 11) is -4.30. The molecule has 0 bridgehead atoms. The maximum absolute atomic E-state index is 12.8. The number of alkyl halides is 2. The van der Waals surface area contributed by atoms with Crippen molar-refractivity contribution in [1.82, 2.24) is 0 Å². The minimum atomic E-state index is -4.30. The topological polar surface area (TPSA) is 72.6 Å². The number of nitrogen functional groups attached to an aromatic ring is 1. The molecule has 1 aliphatic rings. The summed E-state index contributed by atoms with van der Waals surface area (Å²) in [5.41, 5.74) is 6.69. The lowest BCUT2D eigenvalue weighted by atomic mass is 10.1. The molecular weight excluding hydrogens is 478 g/mol. The average Bonchev–Trinajstić information content (AvgIpc) is 2.80. The van der Waals surface area contributed by atoms with Gasteiger partial charge >= 0.3 is 0 Å². The van der Waals surface area contributed by atoms with E-state index in [1.807, 2.05) is 6.92 Å². The van der Waals surface area contributed by atoms with E-state index in [0.29, 0.717) is 17.8 Å². The largest absolute Gasteiger partial charge is 0.398 e. The highest BCUT2D eigenvalue weighted by atomic mass is 35.5. The van der Waals surface area contributed by atoms with Crippen LogP contribution >= 0.6 is 58.0 Å². The number of fused-ring (bicyclic) bond motifs is 1. The average molecular weight is 491 g/mol. The van der Waals surface area contributed by atoms with Gasteiger partial charge in [-0.2, -0.15) is 8.42 Å². The third kappa shape index (κ3) is 3.57. The zero-order chi connectivity index (χ0) is 20.1. The Labute approximate surface area is 182 Å². The van der Waals surface area contributed by atoms with Crippen LogP contribution in [0.3, 0.4) is 0 Å². The molecule has 1 aliphatic heterocycles. The number of rotatable bonds is 4. The van der Waals surface area contributed by atoms with Gasteiger partial charge in [0.05, 0.1) is 25.7 Å². The van der Waals surface area contributed by atoms with Crippen molar-refractivity contribution in [3.63, 3.8) is 0 Å². The second kappa shape index (κ2) is 7.34. The van der Waals surface area contributed by atoms with Crippen LogP contribution in [0.15, 0.2) is 35.2 Å². The van der Waals surface area contributed by atoms with Crippen LogP contribution in [0.4, 0.5) is 11.4 Å². The van der Waals surface area contributed by atoms with Gasteiger partial charge in [-0.05, 0) is 37.3 Å². The van der Waals surface area contributed by atoms with Crippen molar-refractivity contribution in [2.75, 3.05) is 17.2 Å². The molecule has 3 rings (SSSR count). The molecule has 2 aromatic carbocycles. The van der Waals surface area contributed by atoms with Crippen LogP contribution in [0.5, 0.6) is 0 Å². The first-order valence-corrected chi connectivity index (χ1v) is 10.9. The molecule has 0 saturated heterocycles. The van der Waals surface area contributed by atoms with Crippen molar-refractivity contribution < 1.29 is 12.6 Å². The van der Waals surface area contributed by atoms with Crippen molar-refractivity contribution in [2.45, 2.75) is 22.4 Å². The Morgan fingerprint density at radius 1 is 1.15 bits per heavy atom. The van der Waals surface area contributed by atoms with Crippen molar-refractivity contribution in [3.8, 4) is 0 Å². The highest BCUT2D eigenvalue weighted by Gasteiger charge is 2.53. The number of nitrogens with two attached hydrogens (primary N) is 1. The molecule has 0 aromatic heterocycles. The highest BCUT2D eigenvalue weighted by molar-refractivity contribution is 7.86. The maximum atomic E-state index is 12.8. The smallest absolute Gasteiger partial charge is 0.297 e. The van der Waals surface area contributed by atoms with Crippen LogP contribution in [0.25, 0.3) is 0 Å². The maximum Gasteiger partial charge on any atom is 0.297 e. The van der Waals surface area contributed by atoms with Gasteiger partial charge in [-0.1, -0.05) is 58.0 Å². The zero-order valence-corrected chi connectivity index (χ0v) is 18.3. The van der Waals surface area contributed by atoms with Gasteiger partial charge in [0.2, 0.25) is 4.46 Å². The van der Waals surface area contributed by atoms with E-state index in [2.05, 4.69) is 0 Å². The van der Waals surface area contributed by atoms with Crippen LogP contribution in [0.1, 0.15) is 18.6 Å². The summed E-state index contributed by atoms with van der Waals surface area (Å²) in [4.78, 5) is 1.38. The van der Waals surface area contributed by atoms with E-state index in [0.717, 1.165) is 0 Å². The molecule has 0 fully saturated rings. The Hall–Kier alpha value is -0.600. The molecule has 1 heterocycles. The van der Waals surface area contributed by atoms with E-state index in [-0.39, 0.29) is 25.7 Å². The third-order valence-corrected chi connectivity index (χ3v) is 7.37. The fourth-order valence-electron chi connectivity index (χ4n) is 2.85. The van der Waals surface area contributed by atoms with Crippen molar-refractivity contribution in [2.24, 2.45) is 0 Å². The second-order valence-electron chi connectivity index (χ2n) is 5.74. The number of nitrogens with zero attached hydrogens (tertiary/aromatic N) is 1. The lowest BCUT2D eigenvalue weighted by Gasteiger charge is -2.31. The van der Waals surface area contributed by atoms with Gasteiger partial charge in [-0.25, -0.2) is 0 Å². The molecule has 146 valence electrons. The van der Waals surface area contributed by atoms with Crippen molar-refractivity contribution >= 4 is 79.5 Å². The molecule has 1 atom stereocenters. The minimum absolute atomic E-state index is 0.0748. The molecule has 0 aliphatic carbocycles. The number of anilines is 2. The van der Waals surface area contributed by atoms with Crippen LogP contribution in [0.2, 0.25) is 15.1 Å². The number of benzene rings is 2. The van der Waals surface area contributed by atoms with Gasteiger partial charge in [-0.3, -0.25) is 4.18 Å².